The minimum atomic E-state index is -0.435. The summed E-state index contributed by atoms with van der Waals surface area (Å²) in [7, 11) is 1.55. The fourth-order valence-electron chi connectivity index (χ4n) is 2.70. The Labute approximate surface area is 173 Å². The number of anilines is 1. The first-order valence-electron chi connectivity index (χ1n) is 9.10. The van der Waals surface area contributed by atoms with Gasteiger partial charge in [0.25, 0.3) is 5.69 Å². The van der Waals surface area contributed by atoms with Crippen LogP contribution in [-0.2, 0) is 6.61 Å². The van der Waals surface area contributed by atoms with Gasteiger partial charge in [-0.25, -0.2) is 15.4 Å². The fourth-order valence-corrected chi connectivity index (χ4v) is 2.70. The molecule has 0 unspecified atom stereocenters. The van der Waals surface area contributed by atoms with Gasteiger partial charge in [-0.1, -0.05) is 0 Å². The number of hydrogen-bond donors (Lipinski definition) is 1. The standard InChI is InChI=1S/C21H21N5O4/c1-14-10-15(2)24-21(23-14)25-22-12-17-6-9-19(20(11-17)29-3)30-13-16-4-7-18(8-5-16)26(27)28/h4-12H,13H2,1-3H3,(H,23,24,25)/b22-12-. The van der Waals surface area contributed by atoms with Crippen LogP contribution in [0.3, 0.4) is 0 Å². The molecule has 0 aliphatic rings. The molecule has 2 aromatic carbocycles. The van der Waals surface area contributed by atoms with Crippen LogP contribution in [0.15, 0.2) is 53.6 Å². The Morgan fingerprint density at radius 1 is 1.07 bits per heavy atom. The van der Waals surface area contributed by atoms with Crippen molar-refractivity contribution >= 4 is 17.9 Å². The van der Waals surface area contributed by atoms with Crippen LogP contribution in [0.5, 0.6) is 11.5 Å². The van der Waals surface area contributed by atoms with Gasteiger partial charge in [0.15, 0.2) is 11.5 Å². The predicted molar refractivity (Wildman–Crippen MR) is 113 cm³/mol. The smallest absolute Gasteiger partial charge is 0.269 e. The molecule has 0 atom stereocenters. The van der Waals surface area contributed by atoms with E-state index in [1.807, 2.05) is 26.0 Å². The molecule has 3 rings (SSSR count). The van der Waals surface area contributed by atoms with E-state index < -0.39 is 4.92 Å². The minimum absolute atomic E-state index is 0.0415. The van der Waals surface area contributed by atoms with Gasteiger partial charge in [-0.2, -0.15) is 5.10 Å². The lowest BCUT2D eigenvalue weighted by Crippen LogP contribution is -2.00. The normalized spacial score (nSPS) is 10.8. The van der Waals surface area contributed by atoms with Gasteiger partial charge in [-0.3, -0.25) is 10.1 Å². The second kappa shape index (κ2) is 9.46. The molecule has 1 N–H and O–H groups in total. The lowest BCUT2D eigenvalue weighted by atomic mass is 10.2. The third-order valence-electron chi connectivity index (χ3n) is 4.09. The number of ether oxygens (including phenoxy) is 2. The van der Waals surface area contributed by atoms with E-state index in [-0.39, 0.29) is 12.3 Å². The number of non-ortho nitro benzene ring substituents is 1. The molecule has 3 aromatic rings. The largest absolute Gasteiger partial charge is 0.493 e. The highest BCUT2D eigenvalue weighted by atomic mass is 16.6. The topological polar surface area (TPSA) is 112 Å². The average Bonchev–Trinajstić information content (AvgIpc) is 2.72. The Balaban J connectivity index is 1.64. The first kappa shape index (κ1) is 20.7. The van der Waals surface area contributed by atoms with E-state index in [0.29, 0.717) is 17.4 Å². The van der Waals surface area contributed by atoms with E-state index in [2.05, 4.69) is 20.5 Å². The van der Waals surface area contributed by atoms with Gasteiger partial charge >= 0.3 is 0 Å². The molecule has 0 saturated heterocycles. The molecule has 154 valence electrons. The van der Waals surface area contributed by atoms with E-state index in [4.69, 9.17) is 9.47 Å². The molecule has 1 aromatic heterocycles. The summed E-state index contributed by atoms with van der Waals surface area (Å²) in [4.78, 5) is 18.8. The Morgan fingerprint density at radius 2 is 1.77 bits per heavy atom. The summed E-state index contributed by atoms with van der Waals surface area (Å²) < 4.78 is 11.2. The number of hydrogen-bond acceptors (Lipinski definition) is 8. The van der Waals surface area contributed by atoms with Gasteiger partial charge < -0.3 is 9.47 Å². The van der Waals surface area contributed by atoms with Crippen molar-refractivity contribution in [2.75, 3.05) is 12.5 Å². The summed E-state index contributed by atoms with van der Waals surface area (Å²) in [5, 5.41) is 14.9. The third-order valence-corrected chi connectivity index (χ3v) is 4.09. The number of hydrazone groups is 1. The van der Waals surface area contributed by atoms with Crippen molar-refractivity contribution in [2.45, 2.75) is 20.5 Å². The predicted octanol–water partition coefficient (Wildman–Crippen LogP) is 4.04. The SMILES string of the molecule is COc1cc(/C=N\Nc2nc(C)cc(C)n2)ccc1OCc1ccc([N+](=O)[O-])cc1. The molecule has 9 nitrogen and oxygen atoms in total. The van der Waals surface area contributed by atoms with Crippen molar-refractivity contribution in [3.05, 3.63) is 81.2 Å². The molecule has 0 aliphatic carbocycles. The van der Waals surface area contributed by atoms with Crippen LogP contribution in [0, 0.1) is 24.0 Å². The molecular weight excluding hydrogens is 386 g/mol. The maximum Gasteiger partial charge on any atom is 0.269 e. The molecule has 1 heterocycles. The van der Waals surface area contributed by atoms with E-state index in [1.165, 1.54) is 12.1 Å². The number of rotatable bonds is 8. The van der Waals surface area contributed by atoms with Crippen LogP contribution < -0.4 is 14.9 Å². The van der Waals surface area contributed by atoms with Gasteiger partial charge in [0.2, 0.25) is 5.95 Å². The summed E-state index contributed by atoms with van der Waals surface area (Å²) in [5.74, 6) is 1.53. The van der Waals surface area contributed by atoms with Gasteiger partial charge in [-0.05, 0) is 61.4 Å². The fraction of sp³-hybridized carbons (Fsp3) is 0.190. The quantitative estimate of drug-likeness (QED) is 0.341. The Morgan fingerprint density at radius 3 is 2.40 bits per heavy atom. The molecule has 0 bridgehead atoms. The van der Waals surface area contributed by atoms with E-state index >= 15 is 0 Å². The molecular formula is C21H21N5O4. The van der Waals surface area contributed by atoms with Gasteiger partial charge in [0.05, 0.1) is 18.2 Å². The molecule has 0 saturated carbocycles. The molecule has 0 fully saturated rings. The number of nitro benzene ring substituents is 1. The van der Waals surface area contributed by atoms with Crippen LogP contribution in [0.4, 0.5) is 11.6 Å². The number of methoxy groups -OCH3 is 1. The zero-order valence-corrected chi connectivity index (χ0v) is 16.8. The Bertz CT molecular complexity index is 1050. The monoisotopic (exact) mass is 407 g/mol. The third kappa shape index (κ3) is 5.51. The number of nitrogens with zero attached hydrogens (tertiary/aromatic N) is 4. The van der Waals surface area contributed by atoms with Crippen molar-refractivity contribution in [2.24, 2.45) is 5.10 Å². The van der Waals surface area contributed by atoms with Gasteiger partial charge in [-0.15, -0.1) is 0 Å². The van der Waals surface area contributed by atoms with E-state index in [1.54, 1.807) is 37.6 Å². The first-order valence-corrected chi connectivity index (χ1v) is 9.10. The summed E-state index contributed by atoms with van der Waals surface area (Å²) in [6.45, 7) is 4.04. The van der Waals surface area contributed by atoms with Gasteiger partial charge in [0, 0.05) is 23.5 Å². The van der Waals surface area contributed by atoms with Crippen molar-refractivity contribution in [1.29, 1.82) is 0 Å². The van der Waals surface area contributed by atoms with Crippen molar-refractivity contribution in [1.82, 2.24) is 9.97 Å². The highest BCUT2D eigenvalue weighted by molar-refractivity contribution is 5.81. The molecule has 0 spiro atoms. The maximum absolute atomic E-state index is 10.7. The Hall–Kier alpha value is -4.01. The van der Waals surface area contributed by atoms with E-state index in [0.717, 1.165) is 22.5 Å². The van der Waals surface area contributed by atoms with E-state index in [9.17, 15) is 10.1 Å². The Kier molecular flexibility index (Phi) is 6.53. The highest BCUT2D eigenvalue weighted by Gasteiger charge is 2.08. The first-order chi connectivity index (χ1) is 14.4. The van der Waals surface area contributed by atoms with Crippen LogP contribution in [0.25, 0.3) is 0 Å². The van der Waals surface area contributed by atoms with Crippen LogP contribution in [0.1, 0.15) is 22.5 Å². The van der Waals surface area contributed by atoms with Crippen molar-refractivity contribution < 1.29 is 14.4 Å². The number of benzene rings is 2. The number of aryl methyl sites for hydroxylation is 2. The zero-order valence-electron chi connectivity index (χ0n) is 16.8. The number of nitrogens with one attached hydrogen (secondary N) is 1. The summed E-state index contributed by atoms with van der Waals surface area (Å²) >= 11 is 0. The maximum atomic E-state index is 10.7. The molecule has 30 heavy (non-hydrogen) atoms. The molecule has 0 amide bonds. The van der Waals surface area contributed by atoms with Gasteiger partial charge in [0.1, 0.15) is 6.61 Å². The minimum Gasteiger partial charge on any atom is -0.493 e. The zero-order chi connectivity index (χ0) is 21.5. The van der Waals surface area contributed by atoms with Crippen LogP contribution in [-0.4, -0.2) is 28.2 Å². The lowest BCUT2D eigenvalue weighted by Gasteiger charge is -2.11. The molecule has 9 heteroatoms. The van der Waals surface area contributed by atoms with Crippen LogP contribution >= 0.6 is 0 Å². The molecule has 0 aliphatic heterocycles. The number of aromatic nitrogens is 2. The lowest BCUT2D eigenvalue weighted by molar-refractivity contribution is -0.384. The highest BCUT2D eigenvalue weighted by Crippen LogP contribution is 2.28. The summed E-state index contributed by atoms with van der Waals surface area (Å²) in [6.07, 6.45) is 1.63. The van der Waals surface area contributed by atoms with Crippen LogP contribution in [0.2, 0.25) is 0 Å². The van der Waals surface area contributed by atoms with Crippen molar-refractivity contribution in [3.8, 4) is 11.5 Å². The molecule has 0 radical (unpaired) electrons. The number of nitro groups is 1. The van der Waals surface area contributed by atoms with Crippen molar-refractivity contribution in [3.63, 3.8) is 0 Å². The average molecular weight is 407 g/mol. The second-order valence-electron chi connectivity index (χ2n) is 6.47. The summed E-state index contributed by atoms with van der Waals surface area (Å²) in [5.41, 5.74) is 6.18. The second-order valence-corrected chi connectivity index (χ2v) is 6.47. The summed E-state index contributed by atoms with van der Waals surface area (Å²) in [6, 6.07) is 13.5.